The highest BCUT2D eigenvalue weighted by atomic mass is 19.1. The van der Waals surface area contributed by atoms with Crippen molar-refractivity contribution >= 4 is 17.5 Å². The van der Waals surface area contributed by atoms with Crippen LogP contribution in [0.4, 0.5) is 14.5 Å². The van der Waals surface area contributed by atoms with Crippen LogP contribution in [0.5, 0.6) is 0 Å². The lowest BCUT2D eigenvalue weighted by Crippen LogP contribution is -2.34. The zero-order chi connectivity index (χ0) is 21.3. The van der Waals surface area contributed by atoms with E-state index in [2.05, 4.69) is 17.2 Å². The van der Waals surface area contributed by atoms with E-state index in [4.69, 9.17) is 0 Å². The molecule has 154 valence electrons. The Bertz CT molecular complexity index is 1050. The largest absolute Gasteiger partial charge is 0.324 e. The quantitative estimate of drug-likeness (QED) is 0.748. The van der Waals surface area contributed by atoms with Gasteiger partial charge in [-0.2, -0.15) is 0 Å². The molecule has 0 radical (unpaired) electrons. The van der Waals surface area contributed by atoms with E-state index < -0.39 is 23.0 Å². The van der Waals surface area contributed by atoms with Crippen LogP contribution in [0.3, 0.4) is 0 Å². The third-order valence-corrected chi connectivity index (χ3v) is 5.59. The van der Waals surface area contributed by atoms with Crippen molar-refractivity contribution in [3.8, 4) is 11.8 Å². The smallest absolute Gasteiger partial charge is 0.257 e. The number of halogens is 2. The second-order valence-corrected chi connectivity index (χ2v) is 8.16. The van der Waals surface area contributed by atoms with E-state index in [0.717, 1.165) is 37.3 Å². The molecule has 2 aliphatic carbocycles. The molecule has 2 saturated carbocycles. The van der Waals surface area contributed by atoms with Gasteiger partial charge in [0.25, 0.3) is 5.91 Å². The minimum atomic E-state index is -0.949. The molecule has 4 nitrogen and oxygen atoms in total. The van der Waals surface area contributed by atoms with E-state index in [0.29, 0.717) is 6.07 Å². The normalized spacial score (nSPS) is 16.2. The first-order valence-electron chi connectivity index (χ1n) is 10.0. The lowest BCUT2D eigenvalue weighted by molar-refractivity contribution is -0.120. The number of nitrogens with one attached hydrogen (secondary N) is 1. The van der Waals surface area contributed by atoms with Crippen molar-refractivity contribution in [1.82, 2.24) is 4.90 Å². The molecule has 2 aromatic rings. The maximum Gasteiger partial charge on any atom is 0.257 e. The van der Waals surface area contributed by atoms with Gasteiger partial charge in [-0.3, -0.25) is 9.59 Å². The van der Waals surface area contributed by atoms with Crippen LogP contribution in [0.15, 0.2) is 42.5 Å². The van der Waals surface area contributed by atoms with Crippen LogP contribution in [0.25, 0.3) is 0 Å². The standard InChI is InChI=1S/C24H22F2N2O2/c1-24(11-12-24)23(30)27-21-14-18(19(25)15-20(21)26)22(29)28(17-9-10-17)13-5-8-16-6-3-2-4-7-16/h2-4,6-7,14-15,17H,9-13H2,1H3,(H,27,30). The van der Waals surface area contributed by atoms with Crippen LogP contribution >= 0.6 is 0 Å². The summed E-state index contributed by atoms with van der Waals surface area (Å²) in [4.78, 5) is 26.8. The number of anilines is 1. The Balaban J connectivity index is 1.55. The van der Waals surface area contributed by atoms with Crippen molar-refractivity contribution in [1.29, 1.82) is 0 Å². The summed E-state index contributed by atoms with van der Waals surface area (Å²) in [7, 11) is 0. The first-order valence-corrected chi connectivity index (χ1v) is 10.0. The molecule has 0 heterocycles. The van der Waals surface area contributed by atoms with Crippen LogP contribution in [-0.4, -0.2) is 29.3 Å². The van der Waals surface area contributed by atoms with Gasteiger partial charge in [-0.1, -0.05) is 37.0 Å². The van der Waals surface area contributed by atoms with Gasteiger partial charge in [-0.05, 0) is 43.9 Å². The summed E-state index contributed by atoms with van der Waals surface area (Å²) < 4.78 is 28.7. The monoisotopic (exact) mass is 408 g/mol. The summed E-state index contributed by atoms with van der Waals surface area (Å²) >= 11 is 0. The van der Waals surface area contributed by atoms with E-state index >= 15 is 0 Å². The van der Waals surface area contributed by atoms with Gasteiger partial charge < -0.3 is 10.2 Å². The second-order valence-electron chi connectivity index (χ2n) is 8.16. The number of carbonyl (C=O) groups is 2. The Kier molecular flexibility index (Phi) is 5.29. The third-order valence-electron chi connectivity index (χ3n) is 5.59. The molecule has 0 bridgehead atoms. The number of benzene rings is 2. The van der Waals surface area contributed by atoms with Crippen LogP contribution in [0.1, 0.15) is 48.5 Å². The molecule has 2 fully saturated rings. The SMILES string of the molecule is CC1(C(=O)Nc2cc(C(=O)N(CC#Cc3ccccc3)C3CC3)c(F)cc2F)CC1. The summed E-state index contributed by atoms with van der Waals surface area (Å²) in [5.41, 5.74) is -0.129. The molecule has 2 aliphatic rings. The Morgan fingerprint density at radius 2 is 1.83 bits per heavy atom. The summed E-state index contributed by atoms with van der Waals surface area (Å²) in [5.74, 6) is 3.24. The molecule has 0 aliphatic heterocycles. The Hall–Kier alpha value is -3.20. The van der Waals surface area contributed by atoms with Crippen molar-refractivity contribution in [3.63, 3.8) is 0 Å². The molecule has 0 atom stereocenters. The van der Waals surface area contributed by atoms with Gasteiger partial charge in [0.05, 0.1) is 17.8 Å². The molecular formula is C24H22F2N2O2. The van der Waals surface area contributed by atoms with E-state index in [-0.39, 0.29) is 29.7 Å². The lowest BCUT2D eigenvalue weighted by atomic mass is 10.1. The lowest BCUT2D eigenvalue weighted by Gasteiger charge is -2.21. The summed E-state index contributed by atoms with van der Waals surface area (Å²) in [6.07, 6.45) is 3.10. The predicted octanol–water partition coefficient (Wildman–Crippen LogP) is 4.36. The van der Waals surface area contributed by atoms with Crippen LogP contribution in [0.2, 0.25) is 0 Å². The molecule has 4 rings (SSSR count). The average Bonchev–Trinajstić information content (AvgIpc) is 3.65. The fourth-order valence-electron chi connectivity index (χ4n) is 3.15. The van der Waals surface area contributed by atoms with Gasteiger partial charge in [-0.15, -0.1) is 0 Å². The molecular weight excluding hydrogens is 386 g/mol. The highest BCUT2D eigenvalue weighted by Crippen LogP contribution is 2.46. The Morgan fingerprint density at radius 1 is 1.13 bits per heavy atom. The van der Waals surface area contributed by atoms with Gasteiger partial charge in [0.1, 0.15) is 11.6 Å². The van der Waals surface area contributed by atoms with Gasteiger partial charge >= 0.3 is 0 Å². The molecule has 2 aromatic carbocycles. The van der Waals surface area contributed by atoms with Crippen molar-refractivity contribution in [2.45, 2.75) is 38.6 Å². The number of hydrogen-bond donors (Lipinski definition) is 1. The number of amides is 2. The molecule has 0 aromatic heterocycles. The molecule has 0 unspecified atom stereocenters. The van der Waals surface area contributed by atoms with Crippen molar-refractivity contribution < 1.29 is 18.4 Å². The average molecular weight is 408 g/mol. The fourth-order valence-corrected chi connectivity index (χ4v) is 3.15. The molecule has 0 spiro atoms. The molecule has 1 N–H and O–H groups in total. The molecule has 6 heteroatoms. The van der Waals surface area contributed by atoms with E-state index in [1.807, 2.05) is 30.3 Å². The molecule has 30 heavy (non-hydrogen) atoms. The number of carbonyl (C=O) groups excluding carboxylic acids is 2. The van der Waals surface area contributed by atoms with Gasteiger partial charge in [0.15, 0.2) is 0 Å². The number of hydrogen-bond acceptors (Lipinski definition) is 2. The first kappa shape index (κ1) is 20.1. The fraction of sp³-hybridized carbons (Fsp3) is 0.333. The maximum atomic E-state index is 14.5. The minimum Gasteiger partial charge on any atom is -0.324 e. The van der Waals surface area contributed by atoms with E-state index in [1.54, 1.807) is 6.92 Å². The van der Waals surface area contributed by atoms with Gasteiger partial charge in [0, 0.05) is 23.1 Å². The van der Waals surface area contributed by atoms with Crippen molar-refractivity contribution in [2.24, 2.45) is 5.41 Å². The van der Waals surface area contributed by atoms with Crippen LogP contribution in [0, 0.1) is 28.9 Å². The van der Waals surface area contributed by atoms with Crippen LogP contribution < -0.4 is 5.32 Å². The van der Waals surface area contributed by atoms with Gasteiger partial charge in [0.2, 0.25) is 5.91 Å². The van der Waals surface area contributed by atoms with E-state index in [1.165, 1.54) is 4.90 Å². The summed E-state index contributed by atoms with van der Waals surface area (Å²) in [5, 5.41) is 2.50. The van der Waals surface area contributed by atoms with Crippen LogP contribution in [-0.2, 0) is 4.79 Å². The molecule has 0 saturated heterocycles. The minimum absolute atomic E-state index is 0.00422. The highest BCUT2D eigenvalue weighted by Gasteiger charge is 2.45. The van der Waals surface area contributed by atoms with E-state index in [9.17, 15) is 18.4 Å². The second kappa shape index (κ2) is 7.91. The number of rotatable bonds is 5. The summed E-state index contributed by atoms with van der Waals surface area (Å²) in [6.45, 7) is 1.94. The predicted molar refractivity (Wildman–Crippen MR) is 110 cm³/mol. The highest BCUT2D eigenvalue weighted by molar-refractivity contribution is 6.00. The number of nitrogens with zero attached hydrogens (tertiary/aromatic N) is 1. The Morgan fingerprint density at radius 3 is 2.47 bits per heavy atom. The van der Waals surface area contributed by atoms with Crippen molar-refractivity contribution in [2.75, 3.05) is 11.9 Å². The third kappa shape index (κ3) is 4.35. The van der Waals surface area contributed by atoms with Gasteiger partial charge in [-0.25, -0.2) is 8.78 Å². The topological polar surface area (TPSA) is 49.4 Å². The summed E-state index contributed by atoms with van der Waals surface area (Å²) in [6, 6.07) is 11.1. The zero-order valence-corrected chi connectivity index (χ0v) is 16.7. The van der Waals surface area contributed by atoms with Crippen molar-refractivity contribution in [3.05, 3.63) is 65.2 Å². The Labute approximate surface area is 174 Å². The zero-order valence-electron chi connectivity index (χ0n) is 16.7. The maximum absolute atomic E-state index is 14.5. The first-order chi connectivity index (χ1) is 14.4. The molecule has 2 amide bonds.